The van der Waals surface area contributed by atoms with Crippen LogP contribution in [0.15, 0.2) is 24.0 Å². The summed E-state index contributed by atoms with van der Waals surface area (Å²) in [7, 11) is 0. The van der Waals surface area contributed by atoms with Gasteiger partial charge in [-0.1, -0.05) is 26.8 Å². The smallest absolute Gasteiger partial charge is 0.0541 e. The second-order valence-electron chi connectivity index (χ2n) is 6.33. The van der Waals surface area contributed by atoms with Gasteiger partial charge in [0.05, 0.1) is 11.8 Å². The van der Waals surface area contributed by atoms with Crippen molar-refractivity contribution in [1.82, 2.24) is 4.90 Å². The van der Waals surface area contributed by atoms with Crippen LogP contribution in [0.25, 0.3) is 0 Å². The second-order valence-corrected chi connectivity index (χ2v) is 6.33. The molecule has 0 radical (unpaired) electrons. The molecule has 3 heteroatoms. The van der Waals surface area contributed by atoms with Gasteiger partial charge in [0.1, 0.15) is 0 Å². The Bertz CT molecular complexity index is 326. The lowest BCUT2D eigenvalue weighted by atomic mass is 9.91. The molecular weight excluding hydrogens is 248 g/mol. The van der Waals surface area contributed by atoms with Crippen LogP contribution < -0.4 is 5.73 Å². The van der Waals surface area contributed by atoms with Crippen LogP contribution in [0.5, 0.6) is 0 Å². The minimum Gasteiger partial charge on any atom is -0.403 e. The lowest BCUT2D eigenvalue weighted by molar-refractivity contribution is 0.0824. The zero-order valence-electron chi connectivity index (χ0n) is 13.5. The largest absolute Gasteiger partial charge is 0.403 e. The molecule has 116 valence electrons. The van der Waals surface area contributed by atoms with E-state index in [4.69, 9.17) is 5.73 Å². The Morgan fingerprint density at radius 1 is 1.30 bits per heavy atom. The molecule has 0 amide bonds. The molecule has 20 heavy (non-hydrogen) atoms. The highest BCUT2D eigenvalue weighted by Crippen LogP contribution is 2.24. The maximum Gasteiger partial charge on any atom is 0.0541 e. The molecule has 1 saturated heterocycles. The van der Waals surface area contributed by atoms with Gasteiger partial charge in [-0.05, 0) is 50.0 Å². The van der Waals surface area contributed by atoms with E-state index in [-0.39, 0.29) is 6.10 Å². The first-order valence-electron chi connectivity index (χ1n) is 8.02. The summed E-state index contributed by atoms with van der Waals surface area (Å²) in [6.07, 6.45) is 9.25. The summed E-state index contributed by atoms with van der Waals surface area (Å²) in [6.45, 7) is 10.6. The number of allylic oxidation sites excluding steroid dienone is 2. The highest BCUT2D eigenvalue weighted by atomic mass is 16.3. The third-order valence-electron chi connectivity index (χ3n) is 4.60. The minimum absolute atomic E-state index is 0.191. The summed E-state index contributed by atoms with van der Waals surface area (Å²) in [6, 6.07) is 0. The Hall–Kier alpha value is -0.960. The Labute approximate surface area is 124 Å². The van der Waals surface area contributed by atoms with Crippen molar-refractivity contribution in [1.29, 1.82) is 0 Å². The van der Waals surface area contributed by atoms with Crippen molar-refractivity contribution < 1.29 is 5.11 Å². The number of nitrogens with zero attached hydrogens (tertiary/aromatic N) is 1. The Morgan fingerprint density at radius 2 is 1.90 bits per heavy atom. The van der Waals surface area contributed by atoms with E-state index < -0.39 is 0 Å². The normalized spacial score (nSPS) is 21.7. The molecule has 0 spiro atoms. The summed E-state index contributed by atoms with van der Waals surface area (Å²) < 4.78 is 0. The first-order valence-corrected chi connectivity index (χ1v) is 8.02. The van der Waals surface area contributed by atoms with Gasteiger partial charge in [0.15, 0.2) is 0 Å². The minimum atomic E-state index is -0.191. The maximum absolute atomic E-state index is 9.66. The molecular formula is C17H32N2O. The number of hydrogen-bond acceptors (Lipinski definition) is 3. The van der Waals surface area contributed by atoms with Crippen molar-refractivity contribution in [3.8, 4) is 0 Å². The molecule has 1 aliphatic heterocycles. The molecule has 0 aromatic carbocycles. The van der Waals surface area contributed by atoms with Gasteiger partial charge in [-0.3, -0.25) is 0 Å². The molecule has 3 nitrogen and oxygen atoms in total. The van der Waals surface area contributed by atoms with Gasteiger partial charge in [0.2, 0.25) is 0 Å². The van der Waals surface area contributed by atoms with E-state index in [1.165, 1.54) is 0 Å². The molecule has 0 aromatic rings. The van der Waals surface area contributed by atoms with Crippen LogP contribution in [0.1, 0.15) is 47.0 Å². The van der Waals surface area contributed by atoms with E-state index >= 15 is 0 Å². The van der Waals surface area contributed by atoms with Gasteiger partial charge in [-0.15, -0.1) is 0 Å². The summed E-state index contributed by atoms with van der Waals surface area (Å²) >= 11 is 0. The molecule has 2 atom stereocenters. The Morgan fingerprint density at radius 3 is 2.30 bits per heavy atom. The molecule has 0 bridgehead atoms. The molecule has 1 unspecified atom stereocenters. The number of aliphatic hydroxyl groups is 1. The zero-order chi connectivity index (χ0) is 15.1. The maximum atomic E-state index is 9.66. The van der Waals surface area contributed by atoms with Gasteiger partial charge in [-0.25, -0.2) is 0 Å². The number of likely N-dealkylation sites (tertiary alicyclic amines) is 1. The van der Waals surface area contributed by atoms with Gasteiger partial charge in [-0.2, -0.15) is 0 Å². The Balaban J connectivity index is 2.58. The first-order chi connectivity index (χ1) is 9.49. The van der Waals surface area contributed by atoms with Gasteiger partial charge in [0.25, 0.3) is 0 Å². The summed E-state index contributed by atoms with van der Waals surface area (Å²) in [5.41, 5.74) is 6.92. The summed E-state index contributed by atoms with van der Waals surface area (Å²) in [4.78, 5) is 2.34. The highest BCUT2D eigenvalue weighted by molar-refractivity contribution is 5.18. The van der Waals surface area contributed by atoms with Crippen LogP contribution in [-0.4, -0.2) is 29.2 Å². The average Bonchev–Trinajstić information content (AvgIpc) is 2.43. The van der Waals surface area contributed by atoms with E-state index in [2.05, 4.69) is 37.8 Å². The van der Waals surface area contributed by atoms with Crippen molar-refractivity contribution in [2.75, 3.05) is 13.1 Å². The molecule has 1 heterocycles. The molecule has 0 saturated carbocycles. The summed E-state index contributed by atoms with van der Waals surface area (Å²) in [5, 5.41) is 9.66. The van der Waals surface area contributed by atoms with Crippen LogP contribution in [-0.2, 0) is 0 Å². The number of aliphatic hydroxyl groups excluding tert-OH is 1. The molecule has 3 N–H and O–H groups in total. The molecule has 1 rings (SSSR count). The number of rotatable bonds is 6. The highest BCUT2D eigenvalue weighted by Gasteiger charge is 2.23. The van der Waals surface area contributed by atoms with E-state index in [1.807, 2.05) is 6.92 Å². The number of piperidine rings is 1. The third kappa shape index (κ3) is 4.86. The number of nitrogens with two attached hydrogens (primary N) is 1. The van der Waals surface area contributed by atoms with Crippen molar-refractivity contribution >= 4 is 0 Å². The van der Waals surface area contributed by atoms with E-state index in [1.54, 1.807) is 6.20 Å². The fourth-order valence-electron chi connectivity index (χ4n) is 2.96. The second kappa shape index (κ2) is 8.35. The van der Waals surface area contributed by atoms with Crippen LogP contribution >= 0.6 is 0 Å². The van der Waals surface area contributed by atoms with Gasteiger partial charge >= 0.3 is 0 Å². The van der Waals surface area contributed by atoms with Crippen molar-refractivity contribution in [3.05, 3.63) is 24.0 Å². The monoisotopic (exact) mass is 280 g/mol. The van der Waals surface area contributed by atoms with Crippen LogP contribution in [0.4, 0.5) is 0 Å². The standard InChI is InChI=1S/C17H32N2O/c1-5-15(13(2)3)6-7-17(12-18)19-10-8-16(9-11-19)14(4)20/h6-7,12-16,20H,5,8-11,18H2,1-4H3/b7-6-,17-12+/t14-,15?/m0/s1. The predicted octanol–water partition coefficient (Wildman–Crippen LogP) is 3.12. The average molecular weight is 280 g/mol. The van der Waals surface area contributed by atoms with Crippen LogP contribution in [0.2, 0.25) is 0 Å². The molecule has 0 aliphatic carbocycles. The van der Waals surface area contributed by atoms with Crippen molar-refractivity contribution in [2.45, 2.75) is 53.1 Å². The van der Waals surface area contributed by atoms with Gasteiger partial charge < -0.3 is 15.7 Å². The van der Waals surface area contributed by atoms with Crippen LogP contribution in [0.3, 0.4) is 0 Å². The Kier molecular flexibility index (Phi) is 7.14. The molecule has 1 aliphatic rings. The lowest BCUT2D eigenvalue weighted by Crippen LogP contribution is -2.36. The fraction of sp³-hybridized carbons (Fsp3) is 0.765. The zero-order valence-corrected chi connectivity index (χ0v) is 13.5. The van der Waals surface area contributed by atoms with Gasteiger partial charge in [0, 0.05) is 19.3 Å². The first kappa shape index (κ1) is 17.1. The van der Waals surface area contributed by atoms with Crippen molar-refractivity contribution in [2.24, 2.45) is 23.5 Å². The lowest BCUT2D eigenvalue weighted by Gasteiger charge is -2.35. The third-order valence-corrected chi connectivity index (χ3v) is 4.60. The van der Waals surface area contributed by atoms with Crippen molar-refractivity contribution in [3.63, 3.8) is 0 Å². The SMILES string of the molecule is CCC(/C=C\C(=C/N)N1CCC([C@H](C)O)CC1)C(C)C. The molecule has 0 aromatic heterocycles. The fourth-order valence-corrected chi connectivity index (χ4v) is 2.96. The van der Waals surface area contributed by atoms with E-state index in [0.717, 1.165) is 38.0 Å². The van der Waals surface area contributed by atoms with Crippen LogP contribution in [0, 0.1) is 17.8 Å². The topological polar surface area (TPSA) is 49.5 Å². The quantitative estimate of drug-likeness (QED) is 0.735. The number of hydrogen-bond donors (Lipinski definition) is 2. The predicted molar refractivity (Wildman–Crippen MR) is 86.0 cm³/mol. The van der Waals surface area contributed by atoms with E-state index in [0.29, 0.717) is 17.8 Å². The van der Waals surface area contributed by atoms with E-state index in [9.17, 15) is 5.11 Å². The summed E-state index contributed by atoms with van der Waals surface area (Å²) in [5.74, 6) is 1.71. The molecule has 1 fully saturated rings.